The first-order valence-electron chi connectivity index (χ1n) is 4.17. The van der Waals surface area contributed by atoms with E-state index in [2.05, 4.69) is 0 Å². The Morgan fingerprint density at radius 2 is 2.29 bits per heavy atom. The molecule has 0 aliphatic heterocycles. The van der Waals surface area contributed by atoms with Crippen molar-refractivity contribution in [2.24, 2.45) is 0 Å². The molecule has 74 valence electrons. The molecule has 0 amide bonds. The van der Waals surface area contributed by atoms with Crippen molar-refractivity contribution in [1.29, 1.82) is 0 Å². The highest BCUT2D eigenvalue weighted by Crippen LogP contribution is 1.97. The molecule has 0 fully saturated rings. The lowest BCUT2D eigenvalue weighted by Gasteiger charge is -2.02. The number of pyridine rings is 1. The van der Waals surface area contributed by atoms with E-state index in [1.807, 2.05) is 14.1 Å². The molecular formula is C10H12N2O2. The van der Waals surface area contributed by atoms with Gasteiger partial charge in [0.25, 0.3) is 0 Å². The van der Waals surface area contributed by atoms with Gasteiger partial charge in [-0.25, -0.2) is 0 Å². The SMILES string of the molecule is CN(C)/C=C/C(=O)c1ccc[n+]([O-])c1. The number of hydrogen-bond donors (Lipinski definition) is 0. The lowest BCUT2D eigenvalue weighted by atomic mass is 10.2. The van der Waals surface area contributed by atoms with E-state index in [-0.39, 0.29) is 5.78 Å². The molecule has 14 heavy (non-hydrogen) atoms. The minimum absolute atomic E-state index is 0.177. The maximum atomic E-state index is 11.4. The van der Waals surface area contributed by atoms with Crippen LogP contribution in [0.1, 0.15) is 10.4 Å². The second-order valence-corrected chi connectivity index (χ2v) is 3.10. The average Bonchev–Trinajstić information content (AvgIpc) is 2.14. The van der Waals surface area contributed by atoms with Gasteiger partial charge in [-0.15, -0.1) is 0 Å². The smallest absolute Gasteiger partial charge is 0.193 e. The largest absolute Gasteiger partial charge is 0.619 e. The highest BCUT2D eigenvalue weighted by Gasteiger charge is 2.04. The average molecular weight is 192 g/mol. The monoisotopic (exact) mass is 192 g/mol. The lowest BCUT2D eigenvalue weighted by molar-refractivity contribution is -0.605. The minimum Gasteiger partial charge on any atom is -0.619 e. The van der Waals surface area contributed by atoms with Crippen LogP contribution in [0, 0.1) is 5.21 Å². The van der Waals surface area contributed by atoms with Gasteiger partial charge in [0, 0.05) is 32.4 Å². The fraction of sp³-hybridized carbons (Fsp3) is 0.200. The highest BCUT2D eigenvalue weighted by molar-refractivity contribution is 6.03. The van der Waals surface area contributed by atoms with Crippen LogP contribution in [0.5, 0.6) is 0 Å². The van der Waals surface area contributed by atoms with E-state index in [9.17, 15) is 10.0 Å². The third kappa shape index (κ3) is 2.90. The van der Waals surface area contributed by atoms with Crippen LogP contribution in [0.25, 0.3) is 0 Å². The molecule has 0 atom stereocenters. The van der Waals surface area contributed by atoms with Crippen LogP contribution in [0.2, 0.25) is 0 Å². The molecule has 0 unspecified atom stereocenters. The molecule has 0 radical (unpaired) electrons. The molecule has 4 heteroatoms. The Morgan fingerprint density at radius 3 is 2.86 bits per heavy atom. The molecular weight excluding hydrogens is 180 g/mol. The van der Waals surface area contributed by atoms with Crippen LogP contribution < -0.4 is 4.73 Å². The van der Waals surface area contributed by atoms with E-state index >= 15 is 0 Å². The first-order chi connectivity index (χ1) is 6.59. The topological polar surface area (TPSA) is 47.2 Å². The Hall–Kier alpha value is -1.84. The Kier molecular flexibility index (Phi) is 3.23. The number of aromatic nitrogens is 1. The van der Waals surface area contributed by atoms with E-state index in [0.29, 0.717) is 10.3 Å². The van der Waals surface area contributed by atoms with E-state index in [0.717, 1.165) is 0 Å². The summed E-state index contributed by atoms with van der Waals surface area (Å²) in [4.78, 5) is 13.2. The number of ketones is 1. The predicted molar refractivity (Wildman–Crippen MR) is 52.6 cm³/mol. The maximum absolute atomic E-state index is 11.4. The quantitative estimate of drug-likeness (QED) is 0.304. The Labute approximate surface area is 82.7 Å². The minimum atomic E-state index is -0.177. The van der Waals surface area contributed by atoms with Crippen LogP contribution in [-0.4, -0.2) is 24.8 Å². The van der Waals surface area contributed by atoms with Gasteiger partial charge in [0.15, 0.2) is 18.2 Å². The normalized spacial score (nSPS) is 10.4. The van der Waals surface area contributed by atoms with Crippen LogP contribution in [-0.2, 0) is 0 Å². The van der Waals surface area contributed by atoms with Crippen molar-refractivity contribution < 1.29 is 9.52 Å². The predicted octanol–water partition coefficient (Wildman–Crippen LogP) is 0.578. The summed E-state index contributed by atoms with van der Waals surface area (Å²) in [6.45, 7) is 0. The van der Waals surface area contributed by atoms with Crippen molar-refractivity contribution >= 4 is 5.78 Å². The number of nitrogens with zero attached hydrogens (tertiary/aromatic N) is 2. The summed E-state index contributed by atoms with van der Waals surface area (Å²) in [5.74, 6) is -0.177. The molecule has 1 aromatic rings. The molecule has 0 saturated heterocycles. The summed E-state index contributed by atoms with van der Waals surface area (Å²) in [7, 11) is 3.64. The first kappa shape index (κ1) is 10.2. The van der Waals surface area contributed by atoms with Crippen LogP contribution >= 0.6 is 0 Å². The van der Waals surface area contributed by atoms with E-state index in [4.69, 9.17) is 0 Å². The van der Waals surface area contributed by atoms with Gasteiger partial charge in [-0.3, -0.25) is 4.79 Å². The molecule has 0 aliphatic rings. The van der Waals surface area contributed by atoms with E-state index < -0.39 is 0 Å². The van der Waals surface area contributed by atoms with Crippen molar-refractivity contribution in [1.82, 2.24) is 4.90 Å². The molecule has 4 nitrogen and oxygen atoms in total. The molecule has 0 aromatic carbocycles. The second-order valence-electron chi connectivity index (χ2n) is 3.10. The maximum Gasteiger partial charge on any atom is 0.193 e. The van der Waals surface area contributed by atoms with Gasteiger partial charge in [-0.1, -0.05) is 0 Å². The van der Waals surface area contributed by atoms with Gasteiger partial charge < -0.3 is 10.1 Å². The third-order valence-electron chi connectivity index (χ3n) is 1.58. The highest BCUT2D eigenvalue weighted by atomic mass is 16.5. The first-order valence-corrected chi connectivity index (χ1v) is 4.17. The number of hydrogen-bond acceptors (Lipinski definition) is 3. The summed E-state index contributed by atoms with van der Waals surface area (Å²) in [5.41, 5.74) is 0.389. The fourth-order valence-corrected chi connectivity index (χ4v) is 0.913. The number of carbonyl (C=O) groups is 1. The molecule has 0 spiro atoms. The molecule has 0 saturated carbocycles. The standard InChI is InChI=1S/C10H12N2O2/c1-11(2)7-5-10(13)9-4-3-6-12(14)8-9/h3-8H,1-2H3/b7-5+. The summed E-state index contributed by atoms with van der Waals surface area (Å²) < 4.78 is 0.608. The van der Waals surface area contributed by atoms with Crippen LogP contribution in [0.3, 0.4) is 0 Å². The Balaban J connectivity index is 2.80. The van der Waals surface area contributed by atoms with Crippen molar-refractivity contribution in [3.63, 3.8) is 0 Å². The number of rotatable bonds is 3. The lowest BCUT2D eigenvalue weighted by Crippen LogP contribution is -2.25. The second kappa shape index (κ2) is 4.41. The molecule has 0 bridgehead atoms. The van der Waals surface area contributed by atoms with Gasteiger partial charge in [-0.05, 0) is 6.07 Å². The van der Waals surface area contributed by atoms with Crippen molar-refractivity contribution in [3.05, 3.63) is 47.6 Å². The summed E-state index contributed by atoms with van der Waals surface area (Å²) >= 11 is 0. The zero-order chi connectivity index (χ0) is 10.6. The van der Waals surface area contributed by atoms with Crippen molar-refractivity contribution in [2.75, 3.05) is 14.1 Å². The van der Waals surface area contributed by atoms with Crippen LogP contribution in [0.4, 0.5) is 0 Å². The zero-order valence-corrected chi connectivity index (χ0v) is 8.18. The van der Waals surface area contributed by atoms with E-state index in [1.165, 1.54) is 18.5 Å². The summed E-state index contributed by atoms with van der Waals surface area (Å²) in [5, 5.41) is 10.9. The number of allylic oxidation sites excluding steroid dienone is 1. The van der Waals surface area contributed by atoms with Crippen LogP contribution in [0.15, 0.2) is 36.8 Å². The molecule has 1 heterocycles. The Morgan fingerprint density at radius 1 is 1.57 bits per heavy atom. The molecule has 0 N–H and O–H groups in total. The third-order valence-corrected chi connectivity index (χ3v) is 1.58. The molecule has 1 rings (SSSR count). The van der Waals surface area contributed by atoms with E-state index in [1.54, 1.807) is 23.2 Å². The summed E-state index contributed by atoms with van der Waals surface area (Å²) in [6, 6.07) is 3.15. The van der Waals surface area contributed by atoms with Gasteiger partial charge in [0.1, 0.15) is 0 Å². The zero-order valence-electron chi connectivity index (χ0n) is 8.18. The van der Waals surface area contributed by atoms with Gasteiger partial charge in [0.2, 0.25) is 0 Å². The summed E-state index contributed by atoms with van der Waals surface area (Å²) in [6.07, 6.45) is 5.66. The van der Waals surface area contributed by atoms with Gasteiger partial charge >= 0.3 is 0 Å². The molecule has 0 aliphatic carbocycles. The van der Waals surface area contributed by atoms with Gasteiger partial charge in [-0.2, -0.15) is 4.73 Å². The fourth-order valence-electron chi connectivity index (χ4n) is 0.913. The Bertz CT molecular complexity index is 359. The van der Waals surface area contributed by atoms with Crippen molar-refractivity contribution in [2.45, 2.75) is 0 Å². The molecule has 1 aromatic heterocycles. The van der Waals surface area contributed by atoms with Gasteiger partial charge in [0.05, 0.1) is 5.56 Å². The number of carbonyl (C=O) groups excluding carboxylic acids is 1. The van der Waals surface area contributed by atoms with Crippen molar-refractivity contribution in [3.8, 4) is 0 Å².